The van der Waals surface area contributed by atoms with E-state index >= 15 is 0 Å². The molecule has 0 spiro atoms. The first-order valence-corrected chi connectivity index (χ1v) is 5.97. The van der Waals surface area contributed by atoms with Crippen LogP contribution in [0.2, 0.25) is 0 Å². The Hall–Kier alpha value is -1.63. The molecule has 0 aromatic heterocycles. The molecular formula is C13H19NO5. The molecule has 106 valence electrons. The highest BCUT2D eigenvalue weighted by molar-refractivity contribution is 5.87. The molecule has 1 unspecified atom stereocenters. The van der Waals surface area contributed by atoms with Gasteiger partial charge in [-0.15, -0.1) is 0 Å². The number of methoxy groups -OCH3 is 1. The Morgan fingerprint density at radius 2 is 2.26 bits per heavy atom. The lowest BCUT2D eigenvalue weighted by Gasteiger charge is -2.11. The zero-order chi connectivity index (χ0) is 14.1. The summed E-state index contributed by atoms with van der Waals surface area (Å²) in [6.45, 7) is 1.65. The van der Waals surface area contributed by atoms with Gasteiger partial charge in [-0.05, 0) is 18.2 Å². The van der Waals surface area contributed by atoms with Crippen molar-refractivity contribution in [2.75, 3.05) is 33.4 Å². The summed E-state index contributed by atoms with van der Waals surface area (Å²) < 4.78 is 10.2. The molecule has 1 aromatic carbocycles. The molecule has 0 bridgehead atoms. The Bertz CT molecular complexity index is 396. The van der Waals surface area contributed by atoms with E-state index in [2.05, 4.69) is 5.32 Å². The van der Waals surface area contributed by atoms with Crippen LogP contribution in [0.15, 0.2) is 24.3 Å². The van der Waals surface area contributed by atoms with Gasteiger partial charge in [-0.2, -0.15) is 0 Å². The van der Waals surface area contributed by atoms with Crippen LogP contribution in [0.1, 0.15) is 10.4 Å². The topological polar surface area (TPSA) is 88.0 Å². The number of aliphatic hydroxyl groups is 1. The molecule has 0 aliphatic carbocycles. The Morgan fingerprint density at radius 1 is 1.47 bits per heavy atom. The highest BCUT2D eigenvalue weighted by Gasteiger charge is 2.04. The third-order valence-electron chi connectivity index (χ3n) is 2.37. The average molecular weight is 269 g/mol. The lowest BCUT2D eigenvalue weighted by Crippen LogP contribution is -2.32. The maximum absolute atomic E-state index is 10.8. The monoisotopic (exact) mass is 269 g/mol. The smallest absolute Gasteiger partial charge is 0.335 e. The van der Waals surface area contributed by atoms with Gasteiger partial charge in [0.15, 0.2) is 0 Å². The molecule has 0 aliphatic rings. The number of benzene rings is 1. The minimum Gasteiger partial charge on any atom is -0.492 e. The predicted octanol–water partition coefficient (Wildman–Crippen LogP) is 0.361. The zero-order valence-corrected chi connectivity index (χ0v) is 10.8. The van der Waals surface area contributed by atoms with E-state index in [1.165, 1.54) is 19.2 Å². The minimum absolute atomic E-state index is 0.195. The van der Waals surface area contributed by atoms with E-state index in [9.17, 15) is 9.90 Å². The van der Waals surface area contributed by atoms with Crippen molar-refractivity contribution in [1.82, 2.24) is 5.32 Å². The molecule has 0 amide bonds. The second-order valence-electron chi connectivity index (χ2n) is 3.99. The van der Waals surface area contributed by atoms with Crippen LogP contribution in [0.5, 0.6) is 5.75 Å². The molecule has 1 atom stereocenters. The first kappa shape index (κ1) is 15.4. The van der Waals surface area contributed by atoms with E-state index < -0.39 is 12.1 Å². The quantitative estimate of drug-likeness (QED) is 0.561. The summed E-state index contributed by atoms with van der Waals surface area (Å²) in [5.74, 6) is -0.467. The lowest BCUT2D eigenvalue weighted by molar-refractivity contribution is 0.0641. The van der Waals surface area contributed by atoms with Crippen molar-refractivity contribution in [3.05, 3.63) is 29.8 Å². The maximum Gasteiger partial charge on any atom is 0.335 e. The van der Waals surface area contributed by atoms with Gasteiger partial charge in [0.05, 0.1) is 18.3 Å². The standard InChI is InChI=1S/C13H19NO5/c1-18-9-11(15)8-14-5-6-19-12-4-2-3-10(7-12)13(16)17/h2-4,7,11,14-15H,5-6,8-9H2,1H3,(H,16,17). The van der Waals surface area contributed by atoms with Crippen molar-refractivity contribution in [2.24, 2.45) is 0 Å². The SMILES string of the molecule is COCC(O)CNCCOc1cccc(C(=O)O)c1. The second-order valence-corrected chi connectivity index (χ2v) is 3.99. The van der Waals surface area contributed by atoms with Crippen molar-refractivity contribution in [3.63, 3.8) is 0 Å². The van der Waals surface area contributed by atoms with Crippen LogP contribution < -0.4 is 10.1 Å². The maximum atomic E-state index is 10.8. The Morgan fingerprint density at radius 3 is 2.95 bits per heavy atom. The summed E-state index contributed by atoms with van der Waals surface area (Å²) in [6, 6.07) is 6.32. The Labute approximate surface area is 112 Å². The molecule has 19 heavy (non-hydrogen) atoms. The number of carboxylic acids is 1. The number of carbonyl (C=O) groups is 1. The first-order chi connectivity index (χ1) is 9.13. The van der Waals surface area contributed by atoms with Gasteiger partial charge in [0.2, 0.25) is 0 Å². The molecule has 3 N–H and O–H groups in total. The van der Waals surface area contributed by atoms with Crippen LogP contribution in [-0.4, -0.2) is 55.7 Å². The number of hydrogen-bond acceptors (Lipinski definition) is 5. The number of aromatic carboxylic acids is 1. The van der Waals surface area contributed by atoms with Crippen LogP contribution in [0.3, 0.4) is 0 Å². The van der Waals surface area contributed by atoms with Crippen LogP contribution in [-0.2, 0) is 4.74 Å². The highest BCUT2D eigenvalue weighted by atomic mass is 16.5. The van der Waals surface area contributed by atoms with Crippen molar-refractivity contribution in [2.45, 2.75) is 6.10 Å². The van der Waals surface area contributed by atoms with Gasteiger partial charge >= 0.3 is 5.97 Å². The molecule has 0 aliphatic heterocycles. The molecule has 0 fully saturated rings. The molecule has 0 saturated heterocycles. The van der Waals surface area contributed by atoms with Gasteiger partial charge in [0.1, 0.15) is 12.4 Å². The molecule has 6 heteroatoms. The summed E-state index contributed by atoms with van der Waals surface area (Å²) in [4.78, 5) is 10.8. The number of nitrogens with one attached hydrogen (secondary N) is 1. The summed E-state index contributed by atoms with van der Waals surface area (Å²) in [5, 5.41) is 21.2. The van der Waals surface area contributed by atoms with E-state index in [4.69, 9.17) is 14.6 Å². The van der Waals surface area contributed by atoms with Gasteiger partial charge in [0, 0.05) is 20.2 Å². The second kappa shape index (κ2) is 8.47. The van der Waals surface area contributed by atoms with Crippen LogP contribution in [0.4, 0.5) is 0 Å². The highest BCUT2D eigenvalue weighted by Crippen LogP contribution is 2.12. The van der Waals surface area contributed by atoms with Crippen LogP contribution in [0, 0.1) is 0 Å². The Kier molecular flexibility index (Phi) is 6.88. The van der Waals surface area contributed by atoms with Gasteiger partial charge in [-0.1, -0.05) is 6.07 Å². The molecule has 1 rings (SSSR count). The van der Waals surface area contributed by atoms with Gasteiger partial charge in [-0.3, -0.25) is 0 Å². The normalized spacial score (nSPS) is 12.1. The first-order valence-electron chi connectivity index (χ1n) is 5.97. The summed E-state index contributed by atoms with van der Waals surface area (Å²) >= 11 is 0. The largest absolute Gasteiger partial charge is 0.492 e. The van der Waals surface area contributed by atoms with Gasteiger partial charge in [0.25, 0.3) is 0 Å². The van der Waals surface area contributed by atoms with Gasteiger partial charge in [-0.25, -0.2) is 4.79 Å². The zero-order valence-electron chi connectivity index (χ0n) is 10.8. The third kappa shape index (κ3) is 6.19. The number of carboxylic acid groups (broad SMARTS) is 1. The Balaban J connectivity index is 2.22. The van der Waals surface area contributed by atoms with E-state index in [-0.39, 0.29) is 12.2 Å². The average Bonchev–Trinajstić information content (AvgIpc) is 2.39. The predicted molar refractivity (Wildman–Crippen MR) is 69.6 cm³/mol. The number of aliphatic hydroxyl groups excluding tert-OH is 1. The molecule has 1 aromatic rings. The van der Waals surface area contributed by atoms with E-state index in [1.54, 1.807) is 12.1 Å². The molecule has 0 saturated carbocycles. The molecular weight excluding hydrogens is 250 g/mol. The fraction of sp³-hybridized carbons (Fsp3) is 0.462. The number of hydrogen-bond donors (Lipinski definition) is 3. The number of ether oxygens (including phenoxy) is 2. The minimum atomic E-state index is -0.980. The van der Waals surface area contributed by atoms with Crippen LogP contribution >= 0.6 is 0 Å². The van der Waals surface area contributed by atoms with Crippen molar-refractivity contribution in [3.8, 4) is 5.75 Å². The van der Waals surface area contributed by atoms with E-state index in [0.29, 0.717) is 25.4 Å². The van der Waals surface area contributed by atoms with E-state index in [1.807, 2.05) is 0 Å². The fourth-order valence-corrected chi connectivity index (χ4v) is 1.48. The molecule has 6 nitrogen and oxygen atoms in total. The van der Waals surface area contributed by atoms with Crippen LogP contribution in [0.25, 0.3) is 0 Å². The summed E-state index contributed by atoms with van der Waals surface area (Å²) in [7, 11) is 1.53. The summed E-state index contributed by atoms with van der Waals surface area (Å²) in [5.41, 5.74) is 0.195. The van der Waals surface area contributed by atoms with E-state index in [0.717, 1.165) is 0 Å². The lowest BCUT2D eigenvalue weighted by atomic mass is 10.2. The molecule has 0 radical (unpaired) electrons. The number of rotatable bonds is 9. The fourth-order valence-electron chi connectivity index (χ4n) is 1.48. The van der Waals surface area contributed by atoms with Gasteiger partial charge < -0.3 is 25.0 Å². The van der Waals surface area contributed by atoms with Crippen molar-refractivity contribution < 1.29 is 24.5 Å². The summed E-state index contributed by atoms with van der Waals surface area (Å²) in [6.07, 6.45) is -0.541. The molecule has 0 heterocycles. The third-order valence-corrected chi connectivity index (χ3v) is 2.37. The van der Waals surface area contributed by atoms with Crippen molar-refractivity contribution in [1.29, 1.82) is 0 Å². The van der Waals surface area contributed by atoms with Crippen molar-refractivity contribution >= 4 is 5.97 Å².